The second-order valence-corrected chi connectivity index (χ2v) is 5.77. The summed E-state index contributed by atoms with van der Waals surface area (Å²) >= 11 is 5.78. The van der Waals surface area contributed by atoms with E-state index in [-0.39, 0.29) is 10.8 Å². The number of anilines is 1. The number of hydrogen-bond acceptors (Lipinski definition) is 3. The largest absolute Gasteiger partial charge is 0.417 e. The number of aromatic nitrogens is 1. The zero-order chi connectivity index (χ0) is 15.1. The van der Waals surface area contributed by atoms with Crippen LogP contribution in [-0.2, 0) is 6.18 Å². The molecule has 3 nitrogen and oxygen atoms in total. The molecule has 0 spiro atoms. The van der Waals surface area contributed by atoms with Crippen LogP contribution in [0.4, 0.5) is 19.0 Å². The van der Waals surface area contributed by atoms with E-state index in [9.17, 15) is 18.3 Å². The van der Waals surface area contributed by atoms with Gasteiger partial charge in [-0.2, -0.15) is 13.2 Å². The molecule has 0 amide bonds. The van der Waals surface area contributed by atoms with Crippen molar-refractivity contribution in [3.05, 3.63) is 22.8 Å². The molecule has 0 saturated heterocycles. The van der Waals surface area contributed by atoms with Gasteiger partial charge < -0.3 is 10.4 Å². The van der Waals surface area contributed by atoms with Crippen LogP contribution in [0.15, 0.2) is 12.3 Å². The molecule has 0 bridgehead atoms. The molecule has 1 aromatic heterocycles. The van der Waals surface area contributed by atoms with Crippen LogP contribution in [0.25, 0.3) is 0 Å². The number of pyridine rings is 1. The zero-order valence-corrected chi connectivity index (χ0v) is 11.8. The van der Waals surface area contributed by atoms with Crippen LogP contribution >= 0.6 is 11.6 Å². The fourth-order valence-corrected chi connectivity index (χ4v) is 1.35. The SMILES string of the molecule is CC(C)(O)C(C)(C)Nc1ncc(C(F)(F)F)cc1Cl. The molecule has 7 heteroatoms. The van der Waals surface area contributed by atoms with E-state index in [4.69, 9.17) is 11.6 Å². The second kappa shape index (κ2) is 4.83. The summed E-state index contributed by atoms with van der Waals surface area (Å²) in [6, 6.07) is 0.803. The Balaban J connectivity index is 3.06. The van der Waals surface area contributed by atoms with Gasteiger partial charge in [-0.15, -0.1) is 0 Å². The molecule has 0 fully saturated rings. The van der Waals surface area contributed by atoms with Gasteiger partial charge in [0, 0.05) is 6.20 Å². The molecular formula is C12H16ClF3N2O. The molecule has 0 aliphatic carbocycles. The Morgan fingerprint density at radius 3 is 2.11 bits per heavy atom. The summed E-state index contributed by atoms with van der Waals surface area (Å²) in [7, 11) is 0. The third kappa shape index (κ3) is 3.73. The molecule has 2 N–H and O–H groups in total. The van der Waals surface area contributed by atoms with E-state index in [0.29, 0.717) is 6.20 Å². The highest BCUT2D eigenvalue weighted by atomic mass is 35.5. The Morgan fingerprint density at radius 1 is 1.21 bits per heavy atom. The lowest BCUT2D eigenvalue weighted by Crippen LogP contribution is -2.51. The first-order chi connectivity index (χ1) is 8.34. The lowest BCUT2D eigenvalue weighted by molar-refractivity contribution is -0.137. The van der Waals surface area contributed by atoms with Crippen molar-refractivity contribution >= 4 is 17.4 Å². The molecule has 0 aliphatic heterocycles. The number of rotatable bonds is 3. The van der Waals surface area contributed by atoms with Crippen molar-refractivity contribution in [2.24, 2.45) is 0 Å². The van der Waals surface area contributed by atoms with Gasteiger partial charge >= 0.3 is 6.18 Å². The number of alkyl halides is 3. The van der Waals surface area contributed by atoms with Gasteiger partial charge in [-0.25, -0.2) is 4.98 Å². The lowest BCUT2D eigenvalue weighted by atomic mass is 9.86. The standard InChI is InChI=1S/C12H16ClF3N2O/c1-10(2,11(3,4)19)18-9-8(13)5-7(6-17-9)12(14,15)16/h5-6,19H,1-4H3,(H,17,18). The van der Waals surface area contributed by atoms with Gasteiger partial charge in [0.2, 0.25) is 0 Å². The Kier molecular flexibility index (Phi) is 4.08. The van der Waals surface area contributed by atoms with Crippen molar-refractivity contribution in [1.82, 2.24) is 4.98 Å². The summed E-state index contributed by atoms with van der Waals surface area (Å²) in [5.41, 5.74) is -2.84. The molecule has 1 heterocycles. The van der Waals surface area contributed by atoms with Crippen molar-refractivity contribution in [3.63, 3.8) is 0 Å². The first-order valence-corrected chi connectivity index (χ1v) is 5.96. The Labute approximate surface area is 114 Å². The summed E-state index contributed by atoms with van der Waals surface area (Å²) in [4.78, 5) is 3.67. The van der Waals surface area contributed by atoms with E-state index in [1.54, 1.807) is 27.7 Å². The van der Waals surface area contributed by atoms with Gasteiger partial charge in [-0.3, -0.25) is 0 Å². The maximum Gasteiger partial charge on any atom is 0.417 e. The molecule has 19 heavy (non-hydrogen) atoms. The fourth-order valence-electron chi connectivity index (χ4n) is 1.13. The Hall–Kier alpha value is -1.01. The third-order valence-electron chi connectivity index (χ3n) is 3.13. The normalized spacial score (nSPS) is 13.5. The highest BCUT2D eigenvalue weighted by Gasteiger charge is 2.36. The molecule has 1 aromatic rings. The van der Waals surface area contributed by atoms with Gasteiger partial charge in [0.15, 0.2) is 0 Å². The first kappa shape index (κ1) is 16.0. The lowest BCUT2D eigenvalue weighted by Gasteiger charge is -2.38. The minimum atomic E-state index is -4.49. The fraction of sp³-hybridized carbons (Fsp3) is 0.583. The third-order valence-corrected chi connectivity index (χ3v) is 3.42. The van der Waals surface area contributed by atoms with Gasteiger partial charge in [0.1, 0.15) is 5.82 Å². The molecule has 1 rings (SSSR count). The van der Waals surface area contributed by atoms with E-state index in [0.717, 1.165) is 6.07 Å². The van der Waals surface area contributed by atoms with Crippen LogP contribution in [0.5, 0.6) is 0 Å². The van der Waals surface area contributed by atoms with Gasteiger partial charge in [-0.05, 0) is 33.8 Å². The van der Waals surface area contributed by atoms with Crippen LogP contribution < -0.4 is 5.32 Å². The maximum atomic E-state index is 12.5. The number of halogens is 4. The van der Waals surface area contributed by atoms with E-state index in [1.165, 1.54) is 0 Å². The Morgan fingerprint density at radius 2 is 1.74 bits per heavy atom. The van der Waals surface area contributed by atoms with Gasteiger partial charge in [0.05, 0.1) is 21.7 Å². The summed E-state index contributed by atoms with van der Waals surface area (Å²) in [5, 5.41) is 12.7. The highest BCUT2D eigenvalue weighted by molar-refractivity contribution is 6.33. The van der Waals surface area contributed by atoms with Gasteiger partial charge in [0.25, 0.3) is 0 Å². The van der Waals surface area contributed by atoms with Crippen molar-refractivity contribution in [2.45, 2.75) is 45.0 Å². The number of nitrogens with zero attached hydrogens (tertiary/aromatic N) is 1. The average molecular weight is 297 g/mol. The zero-order valence-electron chi connectivity index (χ0n) is 11.1. The number of nitrogens with one attached hydrogen (secondary N) is 1. The van der Waals surface area contributed by atoms with E-state index in [2.05, 4.69) is 10.3 Å². The molecule has 0 atom stereocenters. The molecule has 0 saturated carbocycles. The summed E-state index contributed by atoms with van der Waals surface area (Å²) in [6.45, 7) is 6.56. The van der Waals surface area contributed by atoms with Crippen LogP contribution in [0.2, 0.25) is 5.02 Å². The van der Waals surface area contributed by atoms with Crippen LogP contribution in [-0.4, -0.2) is 21.2 Å². The predicted octanol–water partition coefficient (Wildman–Crippen LogP) is 3.72. The predicted molar refractivity (Wildman–Crippen MR) is 68.2 cm³/mol. The molecule has 0 unspecified atom stereocenters. The highest BCUT2D eigenvalue weighted by Crippen LogP contribution is 2.34. The van der Waals surface area contributed by atoms with Crippen molar-refractivity contribution in [2.75, 3.05) is 5.32 Å². The molecule has 0 radical (unpaired) electrons. The quantitative estimate of drug-likeness (QED) is 0.893. The van der Waals surface area contributed by atoms with Gasteiger partial charge in [-0.1, -0.05) is 11.6 Å². The minimum Gasteiger partial charge on any atom is -0.388 e. The molecule has 0 aromatic carbocycles. The minimum absolute atomic E-state index is 0.0989. The molecular weight excluding hydrogens is 281 g/mol. The number of hydrogen-bond donors (Lipinski definition) is 2. The van der Waals surface area contributed by atoms with E-state index < -0.39 is 22.9 Å². The van der Waals surface area contributed by atoms with Crippen LogP contribution in [0.3, 0.4) is 0 Å². The summed E-state index contributed by atoms with van der Waals surface area (Å²) in [5.74, 6) is 0.0989. The smallest absolute Gasteiger partial charge is 0.388 e. The average Bonchev–Trinajstić information content (AvgIpc) is 2.17. The van der Waals surface area contributed by atoms with Crippen molar-refractivity contribution < 1.29 is 18.3 Å². The van der Waals surface area contributed by atoms with Crippen LogP contribution in [0, 0.1) is 0 Å². The maximum absolute atomic E-state index is 12.5. The molecule has 0 aliphatic rings. The second-order valence-electron chi connectivity index (χ2n) is 5.36. The molecule has 108 valence electrons. The van der Waals surface area contributed by atoms with Crippen molar-refractivity contribution in [1.29, 1.82) is 0 Å². The van der Waals surface area contributed by atoms with Crippen LogP contribution in [0.1, 0.15) is 33.3 Å². The number of aliphatic hydroxyl groups is 1. The Bertz CT molecular complexity index is 467. The summed E-state index contributed by atoms with van der Waals surface area (Å²) < 4.78 is 37.4. The van der Waals surface area contributed by atoms with E-state index >= 15 is 0 Å². The summed E-state index contributed by atoms with van der Waals surface area (Å²) in [6.07, 6.45) is -3.78. The van der Waals surface area contributed by atoms with E-state index in [1.807, 2.05) is 0 Å². The van der Waals surface area contributed by atoms with Crippen molar-refractivity contribution in [3.8, 4) is 0 Å². The monoisotopic (exact) mass is 296 g/mol. The topological polar surface area (TPSA) is 45.1 Å². The first-order valence-electron chi connectivity index (χ1n) is 5.58.